The molecule has 11 nitrogen and oxygen atoms in total. The van der Waals surface area contributed by atoms with Crippen LogP contribution in [0.1, 0.15) is 12.5 Å². The molecule has 0 aliphatic heterocycles. The van der Waals surface area contributed by atoms with Crippen molar-refractivity contribution in [2.24, 2.45) is 0 Å². The van der Waals surface area contributed by atoms with Gasteiger partial charge in [-0.1, -0.05) is 12.1 Å². The van der Waals surface area contributed by atoms with E-state index in [1.165, 1.54) is 33.9 Å². The lowest BCUT2D eigenvalue weighted by atomic mass is 10.2. The summed E-state index contributed by atoms with van der Waals surface area (Å²) in [4.78, 5) is 39.0. The van der Waals surface area contributed by atoms with Crippen molar-refractivity contribution >= 4 is 22.6 Å². The number of non-ortho nitro benzene ring substituents is 1. The Kier molecular flexibility index (Phi) is 6.29. The number of rotatable bonds is 9. The summed E-state index contributed by atoms with van der Waals surface area (Å²) in [7, 11) is 0. The molecule has 0 atom stereocenters. The molecule has 0 aliphatic carbocycles. The molecule has 0 saturated carbocycles. The van der Waals surface area contributed by atoms with Gasteiger partial charge in [0.1, 0.15) is 18.3 Å². The van der Waals surface area contributed by atoms with Crippen LogP contribution in [0.5, 0.6) is 0 Å². The monoisotopic (exact) mass is 400 g/mol. The first-order chi connectivity index (χ1) is 14.0. The van der Waals surface area contributed by atoms with Crippen LogP contribution in [-0.4, -0.2) is 49.9 Å². The molecule has 0 bridgehead atoms. The minimum absolute atomic E-state index is 0.00302. The normalized spacial score (nSPS) is 10.9. The third-order valence-corrected chi connectivity index (χ3v) is 4.18. The van der Waals surface area contributed by atoms with Crippen molar-refractivity contribution in [2.75, 3.05) is 19.8 Å². The van der Waals surface area contributed by atoms with Crippen molar-refractivity contribution in [1.82, 2.24) is 24.6 Å². The van der Waals surface area contributed by atoms with Crippen molar-refractivity contribution in [3.63, 3.8) is 0 Å². The number of nitrogens with zero attached hydrogens (tertiary/aromatic N) is 5. The van der Waals surface area contributed by atoms with E-state index in [9.17, 15) is 19.7 Å². The number of amides is 1. The number of nitrogens with one attached hydrogen (secondary N) is 1. The lowest BCUT2D eigenvalue weighted by molar-refractivity contribution is -0.384. The zero-order valence-electron chi connectivity index (χ0n) is 15.8. The minimum atomic E-state index is -0.481. The molecule has 0 radical (unpaired) electrons. The van der Waals surface area contributed by atoms with Crippen LogP contribution in [0.4, 0.5) is 5.69 Å². The Balaban J connectivity index is 1.72. The maximum Gasteiger partial charge on any atom is 0.269 e. The molecule has 3 aromatic rings. The van der Waals surface area contributed by atoms with Gasteiger partial charge in [-0.3, -0.25) is 24.3 Å². The fraction of sp³-hybridized carbons (Fsp3) is 0.333. The second-order valence-corrected chi connectivity index (χ2v) is 6.20. The van der Waals surface area contributed by atoms with Crippen LogP contribution in [-0.2, 0) is 22.6 Å². The first kappa shape index (κ1) is 20.1. The lowest BCUT2D eigenvalue weighted by Gasteiger charge is -2.07. The van der Waals surface area contributed by atoms with Crippen molar-refractivity contribution in [3.05, 3.63) is 62.8 Å². The summed E-state index contributed by atoms with van der Waals surface area (Å²) in [6.45, 7) is 3.09. The van der Waals surface area contributed by atoms with E-state index in [2.05, 4.69) is 15.4 Å². The quantitative estimate of drug-likeness (QED) is 0.413. The van der Waals surface area contributed by atoms with E-state index >= 15 is 0 Å². The zero-order valence-corrected chi connectivity index (χ0v) is 15.8. The average molecular weight is 400 g/mol. The fourth-order valence-corrected chi connectivity index (χ4v) is 2.79. The van der Waals surface area contributed by atoms with Crippen LogP contribution in [0, 0.1) is 10.1 Å². The van der Waals surface area contributed by atoms with E-state index in [0.717, 1.165) is 0 Å². The minimum Gasteiger partial charge on any atom is -0.372 e. The Labute approximate surface area is 165 Å². The van der Waals surface area contributed by atoms with E-state index in [0.29, 0.717) is 36.3 Å². The van der Waals surface area contributed by atoms with Gasteiger partial charge in [-0.25, -0.2) is 9.67 Å². The Bertz CT molecular complexity index is 1090. The van der Waals surface area contributed by atoms with Gasteiger partial charge in [0.15, 0.2) is 5.65 Å². The molecule has 2 aromatic heterocycles. The molecular weight excluding hydrogens is 380 g/mol. The van der Waals surface area contributed by atoms with Crippen molar-refractivity contribution < 1.29 is 14.5 Å². The summed E-state index contributed by atoms with van der Waals surface area (Å²) in [5.74, 6) is -0.226. The average Bonchev–Trinajstić information content (AvgIpc) is 3.12. The van der Waals surface area contributed by atoms with Crippen molar-refractivity contribution in [1.29, 1.82) is 0 Å². The molecular formula is C18H20N6O5. The molecule has 29 heavy (non-hydrogen) atoms. The van der Waals surface area contributed by atoms with E-state index in [1.54, 1.807) is 19.1 Å². The molecule has 0 spiro atoms. The van der Waals surface area contributed by atoms with Gasteiger partial charge in [0.05, 0.1) is 24.2 Å². The molecule has 2 heterocycles. The van der Waals surface area contributed by atoms with Gasteiger partial charge in [-0.15, -0.1) is 0 Å². The van der Waals surface area contributed by atoms with E-state index < -0.39 is 4.92 Å². The van der Waals surface area contributed by atoms with Crippen molar-refractivity contribution in [2.45, 2.75) is 20.0 Å². The topological polar surface area (TPSA) is 134 Å². The number of hydrogen-bond acceptors (Lipinski definition) is 7. The predicted octanol–water partition coefficient (Wildman–Crippen LogP) is 0.702. The Morgan fingerprint density at radius 2 is 2.21 bits per heavy atom. The third kappa shape index (κ3) is 4.82. The molecule has 0 unspecified atom stereocenters. The second-order valence-electron chi connectivity index (χ2n) is 6.20. The highest BCUT2D eigenvalue weighted by molar-refractivity contribution is 5.77. The van der Waals surface area contributed by atoms with Crippen LogP contribution in [0.25, 0.3) is 11.0 Å². The predicted molar refractivity (Wildman–Crippen MR) is 103 cm³/mol. The van der Waals surface area contributed by atoms with Crippen molar-refractivity contribution in [3.8, 4) is 0 Å². The van der Waals surface area contributed by atoms with Gasteiger partial charge in [0, 0.05) is 25.3 Å². The SMILES string of the molecule is CCOCC(=O)NCCn1ncc2c(=O)n(Cc3cccc([N+](=O)[O-])c3)cnc21. The van der Waals surface area contributed by atoms with Crippen LogP contribution in [0.2, 0.25) is 0 Å². The summed E-state index contributed by atoms with van der Waals surface area (Å²) < 4.78 is 7.93. The summed E-state index contributed by atoms with van der Waals surface area (Å²) in [6, 6.07) is 6.09. The van der Waals surface area contributed by atoms with E-state index in [1.807, 2.05) is 0 Å². The summed E-state index contributed by atoms with van der Waals surface area (Å²) in [5, 5.41) is 18.1. The molecule has 1 aromatic carbocycles. The largest absolute Gasteiger partial charge is 0.372 e. The number of nitro benzene ring substituents is 1. The highest BCUT2D eigenvalue weighted by Crippen LogP contribution is 2.14. The highest BCUT2D eigenvalue weighted by atomic mass is 16.6. The van der Waals surface area contributed by atoms with Crippen LogP contribution in [0.15, 0.2) is 41.6 Å². The smallest absolute Gasteiger partial charge is 0.269 e. The van der Waals surface area contributed by atoms with Crippen LogP contribution < -0.4 is 10.9 Å². The van der Waals surface area contributed by atoms with E-state index in [4.69, 9.17) is 4.74 Å². The molecule has 0 saturated heterocycles. The van der Waals surface area contributed by atoms with Crippen LogP contribution in [0.3, 0.4) is 0 Å². The maximum absolute atomic E-state index is 12.7. The third-order valence-electron chi connectivity index (χ3n) is 4.18. The molecule has 3 rings (SSSR count). The first-order valence-corrected chi connectivity index (χ1v) is 8.98. The summed E-state index contributed by atoms with van der Waals surface area (Å²) in [6.07, 6.45) is 2.81. The number of carbonyl (C=O) groups is 1. The second kappa shape index (κ2) is 9.06. The number of hydrogen-bond donors (Lipinski definition) is 1. The fourth-order valence-electron chi connectivity index (χ4n) is 2.79. The van der Waals surface area contributed by atoms with Gasteiger partial charge >= 0.3 is 0 Å². The molecule has 152 valence electrons. The van der Waals surface area contributed by atoms with Gasteiger partial charge in [0.25, 0.3) is 11.2 Å². The Morgan fingerprint density at radius 1 is 1.38 bits per heavy atom. The summed E-state index contributed by atoms with van der Waals surface area (Å²) in [5.41, 5.74) is 0.688. The Hall–Kier alpha value is -3.60. The highest BCUT2D eigenvalue weighted by Gasteiger charge is 2.12. The van der Waals surface area contributed by atoms with Crippen LogP contribution >= 0.6 is 0 Å². The number of fused-ring (bicyclic) bond motifs is 1. The molecule has 1 amide bonds. The standard InChI is InChI=1S/C18H20N6O5/c1-2-29-11-16(25)19-6-7-23-17-15(9-21-23)18(26)22(12-20-17)10-13-4-3-5-14(8-13)24(27)28/h3-5,8-9,12H,2,6-7,10-11H2,1H3,(H,19,25). The summed E-state index contributed by atoms with van der Waals surface area (Å²) >= 11 is 0. The molecule has 11 heteroatoms. The van der Waals surface area contributed by atoms with E-state index in [-0.39, 0.29) is 30.3 Å². The molecule has 0 fully saturated rings. The first-order valence-electron chi connectivity index (χ1n) is 8.98. The van der Waals surface area contributed by atoms with Gasteiger partial charge in [-0.2, -0.15) is 5.10 Å². The Morgan fingerprint density at radius 3 is 2.97 bits per heavy atom. The number of carbonyl (C=O) groups excluding carboxylic acids is 1. The van der Waals surface area contributed by atoms with Gasteiger partial charge in [-0.05, 0) is 12.5 Å². The number of aromatic nitrogens is 4. The number of nitro groups is 1. The molecule has 0 aliphatic rings. The maximum atomic E-state index is 12.7. The number of benzene rings is 1. The molecule has 1 N–H and O–H groups in total. The number of ether oxygens (including phenoxy) is 1. The zero-order chi connectivity index (χ0) is 20.8. The van der Waals surface area contributed by atoms with Gasteiger partial charge < -0.3 is 10.1 Å². The van der Waals surface area contributed by atoms with Gasteiger partial charge in [0.2, 0.25) is 5.91 Å². The lowest BCUT2D eigenvalue weighted by Crippen LogP contribution is -2.31.